The second-order valence-corrected chi connectivity index (χ2v) is 7.28. The van der Waals surface area contributed by atoms with Gasteiger partial charge in [0.25, 0.3) is 0 Å². The molecule has 5 rings (SSSR count). The lowest BCUT2D eigenvalue weighted by molar-refractivity contribution is 0.700. The van der Waals surface area contributed by atoms with Crippen LogP contribution in [-0.2, 0) is 19.3 Å². The third kappa shape index (κ3) is 1.92. The lowest BCUT2D eigenvalue weighted by Crippen LogP contribution is -2.02. The minimum Gasteiger partial charge on any atom is -0.264 e. The number of rotatable bonds is 2. The number of fused-ring (bicyclic) bond motifs is 5. The highest BCUT2D eigenvalue weighted by Gasteiger charge is 2.23. The number of nitrogens with zero attached hydrogens (tertiary/aromatic N) is 5. The van der Waals surface area contributed by atoms with E-state index >= 15 is 0 Å². The monoisotopic (exact) mass is 335 g/mol. The zero-order valence-electron chi connectivity index (χ0n) is 13.5. The Labute approximate surface area is 143 Å². The van der Waals surface area contributed by atoms with Crippen LogP contribution in [0.4, 0.5) is 0 Å². The van der Waals surface area contributed by atoms with Gasteiger partial charge in [0.05, 0.1) is 5.39 Å². The standard InChI is InChI=1S/C18H17N5S/c1-2-14-21-22-17-15-12-7-3-4-8-13(12)24-18(15)20-16(23(14)17)11-6-5-9-19-10-11/h5-6,9-10H,2-4,7-8H2,1H3. The Morgan fingerprint density at radius 3 is 2.96 bits per heavy atom. The van der Waals surface area contributed by atoms with E-state index in [9.17, 15) is 0 Å². The van der Waals surface area contributed by atoms with Gasteiger partial charge in [-0.3, -0.25) is 9.38 Å². The van der Waals surface area contributed by atoms with Crippen LogP contribution in [0, 0.1) is 0 Å². The molecule has 6 heteroatoms. The Hall–Kier alpha value is -2.34. The van der Waals surface area contributed by atoms with E-state index in [1.807, 2.05) is 29.7 Å². The molecule has 0 unspecified atom stereocenters. The molecule has 24 heavy (non-hydrogen) atoms. The summed E-state index contributed by atoms with van der Waals surface area (Å²) in [4.78, 5) is 11.9. The molecule has 0 atom stereocenters. The lowest BCUT2D eigenvalue weighted by Gasteiger charge is -2.11. The molecule has 4 aromatic rings. The fourth-order valence-corrected chi connectivity index (χ4v) is 4.88. The Morgan fingerprint density at radius 2 is 2.12 bits per heavy atom. The molecule has 5 nitrogen and oxygen atoms in total. The first kappa shape index (κ1) is 14.0. The van der Waals surface area contributed by atoms with E-state index in [-0.39, 0.29) is 0 Å². The van der Waals surface area contributed by atoms with Crippen molar-refractivity contribution >= 4 is 27.2 Å². The quantitative estimate of drug-likeness (QED) is 0.558. The summed E-state index contributed by atoms with van der Waals surface area (Å²) < 4.78 is 2.13. The van der Waals surface area contributed by atoms with Crippen molar-refractivity contribution in [2.24, 2.45) is 0 Å². The minimum absolute atomic E-state index is 0.827. The summed E-state index contributed by atoms with van der Waals surface area (Å²) in [5.74, 6) is 1.85. The fourth-order valence-electron chi connectivity index (χ4n) is 3.63. The molecule has 0 spiro atoms. The normalized spacial score (nSPS) is 14.4. The van der Waals surface area contributed by atoms with Crippen LogP contribution in [0.2, 0.25) is 0 Å². The Kier molecular flexibility index (Phi) is 3.13. The maximum Gasteiger partial charge on any atom is 0.173 e. The third-order valence-electron chi connectivity index (χ3n) is 4.76. The first-order valence-corrected chi connectivity index (χ1v) is 9.27. The zero-order valence-corrected chi connectivity index (χ0v) is 14.3. The van der Waals surface area contributed by atoms with Crippen molar-refractivity contribution < 1.29 is 0 Å². The van der Waals surface area contributed by atoms with Crippen molar-refractivity contribution in [3.05, 3.63) is 40.8 Å². The van der Waals surface area contributed by atoms with Gasteiger partial charge in [-0.2, -0.15) is 0 Å². The number of thiophene rings is 1. The number of aromatic nitrogens is 5. The van der Waals surface area contributed by atoms with E-state index in [1.54, 1.807) is 6.20 Å². The van der Waals surface area contributed by atoms with E-state index in [0.717, 1.165) is 40.5 Å². The Bertz CT molecular complexity index is 1050. The van der Waals surface area contributed by atoms with Crippen LogP contribution in [0.1, 0.15) is 36.0 Å². The summed E-state index contributed by atoms with van der Waals surface area (Å²) in [5, 5.41) is 10.2. The Balaban J connectivity index is 1.93. The van der Waals surface area contributed by atoms with Crippen LogP contribution in [-0.4, -0.2) is 24.6 Å². The van der Waals surface area contributed by atoms with E-state index in [1.165, 1.54) is 35.1 Å². The number of hydrogen-bond acceptors (Lipinski definition) is 5. The summed E-state index contributed by atoms with van der Waals surface area (Å²) >= 11 is 1.83. The van der Waals surface area contributed by atoms with Crippen LogP contribution in [0.5, 0.6) is 0 Å². The molecule has 0 aliphatic heterocycles. The zero-order chi connectivity index (χ0) is 16.1. The highest BCUT2D eigenvalue weighted by Crippen LogP contribution is 2.38. The largest absolute Gasteiger partial charge is 0.264 e. The summed E-state index contributed by atoms with van der Waals surface area (Å²) in [6, 6.07) is 4.00. The van der Waals surface area contributed by atoms with Crippen molar-refractivity contribution in [1.82, 2.24) is 24.6 Å². The number of aryl methyl sites for hydroxylation is 3. The van der Waals surface area contributed by atoms with E-state index in [2.05, 4.69) is 26.5 Å². The van der Waals surface area contributed by atoms with Crippen LogP contribution >= 0.6 is 11.3 Å². The predicted octanol–water partition coefficient (Wildman–Crippen LogP) is 3.84. The van der Waals surface area contributed by atoms with Crippen molar-refractivity contribution in [3.8, 4) is 11.4 Å². The highest BCUT2D eigenvalue weighted by molar-refractivity contribution is 7.19. The molecule has 0 radical (unpaired) electrons. The number of pyridine rings is 1. The topological polar surface area (TPSA) is 56.0 Å². The maximum absolute atomic E-state index is 5.02. The van der Waals surface area contributed by atoms with Gasteiger partial charge in [0, 0.05) is 29.3 Å². The average molecular weight is 335 g/mol. The van der Waals surface area contributed by atoms with E-state index < -0.39 is 0 Å². The summed E-state index contributed by atoms with van der Waals surface area (Å²) in [7, 11) is 0. The second kappa shape index (κ2) is 5.34. The summed E-state index contributed by atoms with van der Waals surface area (Å²) in [5.41, 5.74) is 3.41. The van der Waals surface area contributed by atoms with Gasteiger partial charge < -0.3 is 0 Å². The van der Waals surface area contributed by atoms with Gasteiger partial charge in [0.2, 0.25) is 0 Å². The third-order valence-corrected chi connectivity index (χ3v) is 5.95. The van der Waals surface area contributed by atoms with Gasteiger partial charge in [0.15, 0.2) is 5.65 Å². The lowest BCUT2D eigenvalue weighted by atomic mass is 9.97. The summed E-state index contributed by atoms with van der Waals surface area (Å²) in [6.45, 7) is 2.11. The van der Waals surface area contributed by atoms with Crippen LogP contribution < -0.4 is 0 Å². The van der Waals surface area contributed by atoms with Gasteiger partial charge in [0.1, 0.15) is 16.5 Å². The molecule has 0 saturated heterocycles. The molecule has 0 saturated carbocycles. The predicted molar refractivity (Wildman–Crippen MR) is 95.4 cm³/mol. The van der Waals surface area contributed by atoms with Gasteiger partial charge in [-0.05, 0) is 43.4 Å². The molecule has 0 fully saturated rings. The molecule has 0 amide bonds. The van der Waals surface area contributed by atoms with Crippen LogP contribution in [0.3, 0.4) is 0 Å². The fraction of sp³-hybridized carbons (Fsp3) is 0.333. The summed E-state index contributed by atoms with van der Waals surface area (Å²) in [6.07, 6.45) is 9.31. The highest BCUT2D eigenvalue weighted by atomic mass is 32.1. The molecule has 1 aliphatic rings. The molecule has 0 aromatic carbocycles. The molecule has 120 valence electrons. The molecule has 0 bridgehead atoms. The SMILES string of the molecule is CCc1nnc2c3c4c(sc3nc(-c3cccnc3)n12)CCCC4. The molecule has 0 N–H and O–H groups in total. The molecule has 1 aliphatic carbocycles. The van der Waals surface area contributed by atoms with Gasteiger partial charge in [-0.25, -0.2) is 4.98 Å². The van der Waals surface area contributed by atoms with Crippen molar-refractivity contribution in [2.75, 3.05) is 0 Å². The first-order valence-electron chi connectivity index (χ1n) is 8.45. The van der Waals surface area contributed by atoms with Gasteiger partial charge in [-0.1, -0.05) is 6.92 Å². The first-order chi connectivity index (χ1) is 11.9. The smallest absolute Gasteiger partial charge is 0.173 e. The van der Waals surface area contributed by atoms with E-state index in [4.69, 9.17) is 4.98 Å². The van der Waals surface area contributed by atoms with E-state index in [0.29, 0.717) is 0 Å². The minimum atomic E-state index is 0.827. The Morgan fingerprint density at radius 1 is 1.21 bits per heavy atom. The van der Waals surface area contributed by atoms with Crippen molar-refractivity contribution in [1.29, 1.82) is 0 Å². The molecular weight excluding hydrogens is 318 g/mol. The number of hydrogen-bond donors (Lipinski definition) is 0. The molecule has 4 heterocycles. The van der Waals surface area contributed by atoms with Crippen molar-refractivity contribution in [2.45, 2.75) is 39.0 Å². The maximum atomic E-state index is 5.02. The van der Waals surface area contributed by atoms with Gasteiger partial charge in [-0.15, -0.1) is 21.5 Å². The van der Waals surface area contributed by atoms with Gasteiger partial charge >= 0.3 is 0 Å². The van der Waals surface area contributed by atoms with Crippen LogP contribution in [0.25, 0.3) is 27.3 Å². The molecular formula is C18H17N5S. The average Bonchev–Trinajstić information content (AvgIpc) is 3.22. The van der Waals surface area contributed by atoms with Crippen LogP contribution in [0.15, 0.2) is 24.5 Å². The second-order valence-electron chi connectivity index (χ2n) is 6.20. The molecule has 4 aromatic heterocycles. The van der Waals surface area contributed by atoms with Crippen molar-refractivity contribution in [3.63, 3.8) is 0 Å².